The van der Waals surface area contributed by atoms with E-state index < -0.39 is 0 Å². The third-order valence-corrected chi connectivity index (χ3v) is 3.53. The van der Waals surface area contributed by atoms with Crippen LogP contribution in [0.15, 0.2) is 60.7 Å². The fraction of sp³-hybridized carbons (Fsp3) is 0.0526. The lowest BCUT2D eigenvalue weighted by molar-refractivity contribution is 0.629. The maximum absolute atomic E-state index is 14.0. The first-order valence-corrected chi connectivity index (χ1v) is 7.07. The number of rotatable bonds is 3. The van der Waals surface area contributed by atoms with Crippen LogP contribution < -0.4 is 0 Å². The van der Waals surface area contributed by atoms with Crippen LogP contribution in [0.3, 0.4) is 0 Å². The molecule has 0 aliphatic carbocycles. The van der Waals surface area contributed by atoms with Crippen molar-refractivity contribution in [3.8, 4) is 28.5 Å². The lowest BCUT2D eigenvalue weighted by Gasteiger charge is -2.10. The van der Waals surface area contributed by atoms with Gasteiger partial charge in [-0.25, -0.2) is 8.78 Å². The molecule has 2 aromatic carbocycles. The number of hydrogen-bond acceptors (Lipinski definition) is 2. The molecule has 3 rings (SSSR count). The molecule has 0 aliphatic heterocycles. The quantitative estimate of drug-likeness (QED) is 0.699. The Morgan fingerprint density at radius 1 is 0.783 bits per heavy atom. The number of benzene rings is 2. The molecule has 0 amide bonds. The van der Waals surface area contributed by atoms with Crippen molar-refractivity contribution in [2.75, 3.05) is 0 Å². The standard InChI is InChI=1S/C19H12F2N2/c20-16-7-3-1-5-13(16)14-9-10-18(23-19(14)11-12-22)15-6-2-4-8-17(15)21/h1-10H,11H2. The smallest absolute Gasteiger partial charge is 0.132 e. The van der Waals surface area contributed by atoms with Crippen molar-refractivity contribution in [1.82, 2.24) is 4.98 Å². The van der Waals surface area contributed by atoms with E-state index >= 15 is 0 Å². The van der Waals surface area contributed by atoms with E-state index in [1.807, 2.05) is 6.07 Å². The van der Waals surface area contributed by atoms with Gasteiger partial charge in [-0.2, -0.15) is 5.26 Å². The Morgan fingerprint density at radius 3 is 2.00 bits per heavy atom. The van der Waals surface area contributed by atoms with Crippen LogP contribution in [-0.4, -0.2) is 4.98 Å². The highest BCUT2D eigenvalue weighted by Crippen LogP contribution is 2.29. The minimum absolute atomic E-state index is 0.0198. The van der Waals surface area contributed by atoms with E-state index in [1.54, 1.807) is 48.5 Å². The van der Waals surface area contributed by atoms with Gasteiger partial charge < -0.3 is 0 Å². The molecule has 0 saturated carbocycles. The van der Waals surface area contributed by atoms with E-state index in [4.69, 9.17) is 5.26 Å². The lowest BCUT2D eigenvalue weighted by atomic mass is 10.00. The van der Waals surface area contributed by atoms with Gasteiger partial charge in [0.05, 0.1) is 23.9 Å². The average Bonchev–Trinajstić information content (AvgIpc) is 2.56. The highest BCUT2D eigenvalue weighted by atomic mass is 19.1. The van der Waals surface area contributed by atoms with Gasteiger partial charge in [0.1, 0.15) is 11.6 Å². The Labute approximate surface area is 132 Å². The van der Waals surface area contributed by atoms with E-state index in [0.717, 1.165) is 0 Å². The summed E-state index contributed by atoms with van der Waals surface area (Å²) >= 11 is 0. The second-order valence-electron chi connectivity index (χ2n) is 4.99. The predicted molar refractivity (Wildman–Crippen MR) is 84.3 cm³/mol. The summed E-state index contributed by atoms with van der Waals surface area (Å²) in [5.41, 5.74) is 2.13. The fourth-order valence-corrected chi connectivity index (χ4v) is 2.45. The first-order valence-electron chi connectivity index (χ1n) is 7.07. The molecule has 0 atom stereocenters. The summed E-state index contributed by atoms with van der Waals surface area (Å²) in [5.74, 6) is -0.770. The monoisotopic (exact) mass is 306 g/mol. The highest BCUT2D eigenvalue weighted by molar-refractivity contribution is 5.70. The van der Waals surface area contributed by atoms with Crippen molar-refractivity contribution in [2.45, 2.75) is 6.42 Å². The first-order chi connectivity index (χ1) is 11.2. The minimum atomic E-state index is -0.387. The molecule has 0 aliphatic rings. The van der Waals surface area contributed by atoms with E-state index in [9.17, 15) is 8.78 Å². The lowest BCUT2D eigenvalue weighted by Crippen LogP contribution is -1.98. The Kier molecular flexibility index (Phi) is 4.11. The maximum Gasteiger partial charge on any atom is 0.132 e. The summed E-state index contributed by atoms with van der Waals surface area (Å²) in [5, 5.41) is 9.02. The van der Waals surface area contributed by atoms with E-state index in [-0.39, 0.29) is 18.1 Å². The fourth-order valence-electron chi connectivity index (χ4n) is 2.45. The zero-order valence-electron chi connectivity index (χ0n) is 12.1. The van der Waals surface area contributed by atoms with E-state index in [2.05, 4.69) is 4.98 Å². The molecule has 23 heavy (non-hydrogen) atoms. The Morgan fingerprint density at radius 2 is 1.39 bits per heavy atom. The molecule has 0 fully saturated rings. The number of nitriles is 1. The van der Waals surface area contributed by atoms with Gasteiger partial charge in [-0.05, 0) is 24.3 Å². The van der Waals surface area contributed by atoms with Gasteiger partial charge in [-0.15, -0.1) is 0 Å². The molecular weight excluding hydrogens is 294 g/mol. The molecule has 0 unspecified atom stereocenters. The average molecular weight is 306 g/mol. The van der Waals surface area contributed by atoms with E-state index in [1.165, 1.54) is 12.1 Å². The summed E-state index contributed by atoms with van der Waals surface area (Å²) in [6.07, 6.45) is 0.0198. The van der Waals surface area contributed by atoms with Crippen LogP contribution in [0.5, 0.6) is 0 Å². The van der Waals surface area contributed by atoms with Gasteiger partial charge in [-0.3, -0.25) is 4.98 Å². The third-order valence-electron chi connectivity index (χ3n) is 3.53. The molecule has 1 aromatic heterocycles. The molecule has 0 saturated heterocycles. The summed E-state index contributed by atoms with van der Waals surface area (Å²) in [6.45, 7) is 0. The number of aromatic nitrogens is 1. The SMILES string of the molecule is N#CCc1nc(-c2ccccc2F)ccc1-c1ccccc1F. The van der Waals surface area contributed by atoms with Crippen molar-refractivity contribution in [1.29, 1.82) is 5.26 Å². The Bertz CT molecular complexity index is 898. The molecule has 2 nitrogen and oxygen atoms in total. The van der Waals surface area contributed by atoms with Crippen LogP contribution in [0.2, 0.25) is 0 Å². The largest absolute Gasteiger partial charge is 0.251 e. The third kappa shape index (κ3) is 2.95. The van der Waals surface area contributed by atoms with Crippen LogP contribution in [0, 0.1) is 23.0 Å². The van der Waals surface area contributed by atoms with Crippen LogP contribution in [0.1, 0.15) is 5.69 Å². The molecule has 112 valence electrons. The van der Waals surface area contributed by atoms with Crippen LogP contribution >= 0.6 is 0 Å². The first kappa shape index (κ1) is 14.9. The van der Waals surface area contributed by atoms with Gasteiger partial charge in [-0.1, -0.05) is 36.4 Å². The highest BCUT2D eigenvalue weighted by Gasteiger charge is 2.13. The second-order valence-corrected chi connectivity index (χ2v) is 4.99. The maximum atomic E-state index is 14.0. The molecule has 4 heteroatoms. The number of pyridine rings is 1. The number of hydrogen-bond donors (Lipinski definition) is 0. The van der Waals surface area contributed by atoms with Crippen molar-refractivity contribution in [3.05, 3.63) is 78.0 Å². The Hall–Kier alpha value is -3.06. The molecule has 0 radical (unpaired) electrons. The van der Waals surface area contributed by atoms with Gasteiger partial charge in [0.15, 0.2) is 0 Å². The molecule has 0 N–H and O–H groups in total. The van der Waals surface area contributed by atoms with Crippen molar-refractivity contribution >= 4 is 0 Å². The zero-order chi connectivity index (χ0) is 16.2. The summed E-state index contributed by atoms with van der Waals surface area (Å²) in [7, 11) is 0. The van der Waals surface area contributed by atoms with Crippen LogP contribution in [-0.2, 0) is 6.42 Å². The summed E-state index contributed by atoms with van der Waals surface area (Å²) < 4.78 is 27.9. The Balaban J connectivity index is 2.16. The number of halogens is 2. The van der Waals surface area contributed by atoms with Gasteiger partial charge in [0.25, 0.3) is 0 Å². The molecular formula is C19H12F2N2. The van der Waals surface area contributed by atoms with Gasteiger partial charge in [0.2, 0.25) is 0 Å². The molecule has 0 spiro atoms. The molecule has 3 aromatic rings. The zero-order valence-corrected chi connectivity index (χ0v) is 12.1. The normalized spacial score (nSPS) is 10.3. The van der Waals surface area contributed by atoms with Crippen molar-refractivity contribution < 1.29 is 8.78 Å². The molecule has 0 bridgehead atoms. The van der Waals surface area contributed by atoms with Crippen LogP contribution in [0.25, 0.3) is 22.4 Å². The van der Waals surface area contributed by atoms with Gasteiger partial charge >= 0.3 is 0 Å². The second kappa shape index (κ2) is 6.37. The number of nitrogens with zero attached hydrogens (tertiary/aromatic N) is 2. The van der Waals surface area contributed by atoms with Crippen molar-refractivity contribution in [3.63, 3.8) is 0 Å². The van der Waals surface area contributed by atoms with E-state index in [0.29, 0.717) is 28.1 Å². The topological polar surface area (TPSA) is 36.7 Å². The summed E-state index contributed by atoms with van der Waals surface area (Å²) in [6, 6.07) is 18.0. The van der Waals surface area contributed by atoms with Crippen molar-refractivity contribution in [2.24, 2.45) is 0 Å². The predicted octanol–water partition coefficient (Wildman–Crippen LogP) is 4.76. The summed E-state index contributed by atoms with van der Waals surface area (Å²) in [4.78, 5) is 4.38. The minimum Gasteiger partial charge on any atom is -0.251 e. The van der Waals surface area contributed by atoms with Gasteiger partial charge in [0, 0.05) is 16.7 Å². The molecule has 1 heterocycles. The van der Waals surface area contributed by atoms with Crippen LogP contribution in [0.4, 0.5) is 8.78 Å².